The lowest BCUT2D eigenvalue weighted by molar-refractivity contribution is 0.473. The number of nitrogen functional groups attached to an aromatic ring is 1. The van der Waals surface area contributed by atoms with E-state index in [-0.39, 0.29) is 11.6 Å². The van der Waals surface area contributed by atoms with Crippen molar-refractivity contribution < 1.29 is 5.11 Å². The fourth-order valence-electron chi connectivity index (χ4n) is 2.96. The summed E-state index contributed by atoms with van der Waals surface area (Å²) in [6, 6.07) is 9.05. The molecule has 0 amide bonds. The van der Waals surface area contributed by atoms with Gasteiger partial charge in [-0.3, -0.25) is 10.4 Å². The predicted molar refractivity (Wildman–Crippen MR) is 115 cm³/mol. The van der Waals surface area contributed by atoms with Crippen molar-refractivity contribution in [2.45, 2.75) is 9.75 Å². The van der Waals surface area contributed by atoms with Crippen LogP contribution >= 0.6 is 34.4 Å². The fourth-order valence-corrected chi connectivity index (χ4v) is 5.68. The van der Waals surface area contributed by atoms with Crippen LogP contribution in [0.4, 0.5) is 0 Å². The number of benzene rings is 1. The number of hydrogen-bond donors (Lipinski definition) is 3. The molecule has 4 N–H and O–H groups in total. The van der Waals surface area contributed by atoms with Crippen LogP contribution in [0.3, 0.4) is 0 Å². The molecule has 1 aromatic carbocycles. The average molecular weight is 413 g/mol. The lowest BCUT2D eigenvalue weighted by Crippen LogP contribution is -2.20. The second kappa shape index (κ2) is 6.95. The molecule has 0 saturated heterocycles. The van der Waals surface area contributed by atoms with Gasteiger partial charge in [0.1, 0.15) is 16.6 Å². The highest BCUT2D eigenvalue weighted by atomic mass is 32.2. The number of nitrogens with one attached hydrogen (secondary N) is 1. The molecule has 0 fully saturated rings. The number of thiophene rings is 1. The number of aromatic hydroxyl groups is 1. The van der Waals surface area contributed by atoms with Gasteiger partial charge in [0.15, 0.2) is 5.54 Å². The van der Waals surface area contributed by atoms with Crippen LogP contribution < -0.4 is 5.73 Å². The van der Waals surface area contributed by atoms with Crippen LogP contribution in [0.2, 0.25) is 0 Å². The van der Waals surface area contributed by atoms with E-state index >= 15 is 0 Å². The van der Waals surface area contributed by atoms with Crippen molar-refractivity contribution in [2.24, 2.45) is 10.7 Å². The zero-order valence-corrected chi connectivity index (χ0v) is 16.8. The van der Waals surface area contributed by atoms with Crippen molar-refractivity contribution in [3.8, 4) is 17.0 Å². The molecule has 3 aromatic rings. The maximum Gasteiger partial charge on any atom is 0.155 e. The standard InChI is InChI=1S/C19H16N4OS3/c1-25-17-13(9-15(27-17)16(20)21)14-10-26-18(23-14)19(6-3-7-22-19)11-4-2-5-12(24)8-11/h2-10,24H,1H3,(H3,20,21). The van der Waals surface area contributed by atoms with Crippen molar-refractivity contribution in [1.29, 1.82) is 5.41 Å². The van der Waals surface area contributed by atoms with Crippen LogP contribution in [0.1, 0.15) is 15.4 Å². The van der Waals surface area contributed by atoms with Gasteiger partial charge in [-0.1, -0.05) is 12.1 Å². The van der Waals surface area contributed by atoms with Gasteiger partial charge < -0.3 is 10.8 Å². The molecule has 1 atom stereocenters. The minimum Gasteiger partial charge on any atom is -0.508 e. The second-order valence-electron chi connectivity index (χ2n) is 5.92. The van der Waals surface area contributed by atoms with Gasteiger partial charge in [0.2, 0.25) is 0 Å². The van der Waals surface area contributed by atoms with Gasteiger partial charge in [-0.15, -0.1) is 34.4 Å². The Morgan fingerprint density at radius 2 is 2.19 bits per heavy atom. The number of amidine groups is 1. The molecular formula is C19H16N4OS3. The van der Waals surface area contributed by atoms with Gasteiger partial charge in [0.05, 0.1) is 14.8 Å². The quantitative estimate of drug-likeness (QED) is 0.327. The summed E-state index contributed by atoms with van der Waals surface area (Å²) < 4.78 is 1.08. The summed E-state index contributed by atoms with van der Waals surface area (Å²) in [6.45, 7) is 0. The first kappa shape index (κ1) is 18.0. The zero-order valence-electron chi connectivity index (χ0n) is 14.3. The van der Waals surface area contributed by atoms with Crippen molar-refractivity contribution >= 4 is 46.5 Å². The van der Waals surface area contributed by atoms with Crippen LogP contribution in [0.25, 0.3) is 11.3 Å². The first-order valence-corrected chi connectivity index (χ1v) is 11.0. The Hall–Kier alpha value is -2.42. The number of aliphatic imine (C=N–C) groups is 1. The molecule has 0 bridgehead atoms. The van der Waals surface area contributed by atoms with Crippen molar-refractivity contribution in [1.82, 2.24) is 4.98 Å². The molecule has 3 heterocycles. The normalized spacial score (nSPS) is 18.3. The molecule has 1 aliphatic rings. The zero-order chi connectivity index (χ0) is 19.0. The number of hydrogen-bond acceptors (Lipinski definition) is 7. The van der Waals surface area contributed by atoms with Gasteiger partial charge in [-0.05, 0) is 42.2 Å². The summed E-state index contributed by atoms with van der Waals surface area (Å²) in [5, 5.41) is 20.4. The maximum absolute atomic E-state index is 9.91. The third-order valence-electron chi connectivity index (χ3n) is 4.24. The van der Waals surface area contributed by atoms with Crippen LogP contribution in [0.5, 0.6) is 5.75 Å². The van der Waals surface area contributed by atoms with Crippen LogP contribution in [-0.2, 0) is 5.54 Å². The molecular weight excluding hydrogens is 396 g/mol. The summed E-state index contributed by atoms with van der Waals surface area (Å²) in [5.74, 6) is 0.268. The molecule has 0 saturated carbocycles. The molecule has 136 valence electrons. The molecule has 0 aliphatic carbocycles. The first-order chi connectivity index (χ1) is 13.0. The van der Waals surface area contributed by atoms with Crippen LogP contribution in [0.15, 0.2) is 57.1 Å². The van der Waals surface area contributed by atoms with E-state index in [0.29, 0.717) is 0 Å². The van der Waals surface area contributed by atoms with E-state index in [2.05, 4.69) is 4.99 Å². The smallest absolute Gasteiger partial charge is 0.155 e. The Morgan fingerprint density at radius 3 is 2.85 bits per heavy atom. The van der Waals surface area contributed by atoms with E-state index in [0.717, 1.165) is 30.9 Å². The number of allylic oxidation sites excluding steroid dienone is 1. The van der Waals surface area contributed by atoms with Crippen LogP contribution in [0, 0.1) is 5.41 Å². The molecule has 4 rings (SSSR count). The summed E-state index contributed by atoms with van der Waals surface area (Å²) in [5.41, 5.74) is 7.64. The summed E-state index contributed by atoms with van der Waals surface area (Å²) in [6.07, 6.45) is 7.66. The van der Waals surface area contributed by atoms with E-state index in [1.165, 1.54) is 22.7 Å². The monoisotopic (exact) mass is 412 g/mol. The Bertz CT molecular complexity index is 1070. The van der Waals surface area contributed by atoms with Gasteiger partial charge in [0, 0.05) is 17.2 Å². The molecule has 5 nitrogen and oxygen atoms in total. The van der Waals surface area contributed by atoms with Crippen molar-refractivity contribution in [3.05, 3.63) is 63.3 Å². The number of rotatable bonds is 5. The highest BCUT2D eigenvalue weighted by Gasteiger charge is 2.36. The summed E-state index contributed by atoms with van der Waals surface area (Å²) >= 11 is 4.66. The van der Waals surface area contributed by atoms with E-state index in [4.69, 9.17) is 16.1 Å². The topological polar surface area (TPSA) is 95.4 Å². The van der Waals surface area contributed by atoms with E-state index in [1.54, 1.807) is 30.1 Å². The number of phenols is 1. The number of nitrogens with two attached hydrogens (primary N) is 1. The average Bonchev–Trinajstić information content (AvgIpc) is 3.39. The first-order valence-electron chi connectivity index (χ1n) is 8.04. The predicted octanol–water partition coefficient (Wildman–Crippen LogP) is 4.47. The highest BCUT2D eigenvalue weighted by Crippen LogP contribution is 2.43. The minimum absolute atomic E-state index is 0.0663. The molecule has 0 radical (unpaired) electrons. The lowest BCUT2D eigenvalue weighted by atomic mass is 9.91. The third kappa shape index (κ3) is 3.09. The summed E-state index contributed by atoms with van der Waals surface area (Å²) in [4.78, 5) is 10.3. The Morgan fingerprint density at radius 1 is 1.33 bits per heavy atom. The molecule has 0 spiro atoms. The SMILES string of the molecule is CSc1sc(C(=N)N)cc1-c1csc(C2(c3cccc(O)c3)C=CC=N2)n1. The lowest BCUT2D eigenvalue weighted by Gasteiger charge is -2.22. The fraction of sp³-hybridized carbons (Fsp3) is 0.105. The van der Waals surface area contributed by atoms with Gasteiger partial charge >= 0.3 is 0 Å². The van der Waals surface area contributed by atoms with E-state index in [9.17, 15) is 5.11 Å². The van der Waals surface area contributed by atoms with E-state index < -0.39 is 5.54 Å². The number of nitrogens with zero attached hydrogens (tertiary/aromatic N) is 2. The largest absolute Gasteiger partial charge is 0.508 e. The molecule has 27 heavy (non-hydrogen) atoms. The second-order valence-corrected chi connectivity index (χ2v) is 8.91. The number of aromatic nitrogens is 1. The van der Waals surface area contributed by atoms with Crippen molar-refractivity contribution in [2.75, 3.05) is 6.26 Å². The minimum atomic E-state index is -0.722. The van der Waals surface area contributed by atoms with Gasteiger partial charge in [-0.2, -0.15) is 0 Å². The Balaban J connectivity index is 1.81. The van der Waals surface area contributed by atoms with Gasteiger partial charge in [0.25, 0.3) is 0 Å². The number of phenolic OH excluding ortho intramolecular Hbond substituents is 1. The number of thiazole rings is 1. The molecule has 1 unspecified atom stereocenters. The maximum atomic E-state index is 9.91. The number of thioether (sulfide) groups is 1. The molecule has 8 heteroatoms. The van der Waals surface area contributed by atoms with E-state index in [1.807, 2.05) is 42.0 Å². The summed E-state index contributed by atoms with van der Waals surface area (Å²) in [7, 11) is 0. The molecule has 2 aromatic heterocycles. The third-order valence-corrected chi connectivity index (χ3v) is 7.51. The molecule has 1 aliphatic heterocycles. The van der Waals surface area contributed by atoms with Crippen molar-refractivity contribution in [3.63, 3.8) is 0 Å². The van der Waals surface area contributed by atoms with Gasteiger partial charge in [-0.25, -0.2) is 4.98 Å². The highest BCUT2D eigenvalue weighted by molar-refractivity contribution is 8.00. The van der Waals surface area contributed by atoms with Crippen LogP contribution in [-0.4, -0.2) is 28.4 Å². The Labute approximate surface area is 168 Å². The Kier molecular flexibility index (Phi) is 4.63.